The molecular formula is C32H37Cl2K3N8O2. The molecule has 3 aromatic rings. The molecule has 0 fully saturated rings. The molecule has 0 spiro atoms. The molecule has 0 bridgehead atoms. The number of benzene rings is 1. The Morgan fingerprint density at radius 2 is 1.28 bits per heavy atom. The molecule has 0 radical (unpaired) electrons. The molecule has 3 heterocycles. The van der Waals surface area contributed by atoms with E-state index in [1.54, 1.807) is 36.7 Å². The molecule has 234 valence electrons. The topological polar surface area (TPSA) is 139 Å². The maximum absolute atomic E-state index is 12.3. The normalized spacial score (nSPS) is 10.9. The summed E-state index contributed by atoms with van der Waals surface area (Å²) in [6, 6.07) is 6.89. The van der Waals surface area contributed by atoms with E-state index in [1.165, 1.54) is 68.1 Å². The minimum atomic E-state index is -0.235. The molecule has 0 aliphatic carbocycles. The average molecular weight is 754 g/mol. The molecule has 0 saturated carbocycles. The van der Waals surface area contributed by atoms with Gasteiger partial charge in [0, 0.05) is 44.9 Å². The molecule has 2 aromatic heterocycles. The van der Waals surface area contributed by atoms with E-state index in [1.807, 2.05) is 0 Å². The van der Waals surface area contributed by atoms with Crippen molar-refractivity contribution in [1.82, 2.24) is 24.8 Å². The zero-order chi connectivity index (χ0) is 33.7. The number of nitrogens with zero attached hydrogens (tertiary/aromatic N) is 5. The predicted octanol–water partition coefficient (Wildman–Crippen LogP) is 1.78. The molecule has 15 heteroatoms. The van der Waals surface area contributed by atoms with Crippen LogP contribution in [-0.4, -0.2) is 126 Å². The Morgan fingerprint density at radius 1 is 0.830 bits per heavy atom. The fourth-order valence-electron chi connectivity index (χ4n) is 3.93. The number of nitrogens with two attached hydrogens (primary N) is 1. The van der Waals surface area contributed by atoms with Crippen LogP contribution >= 0.6 is 23.2 Å². The van der Waals surface area contributed by atoms with Crippen molar-refractivity contribution in [2.75, 3.05) is 36.8 Å². The summed E-state index contributed by atoms with van der Waals surface area (Å²) in [5.74, 6) is 13.0. The van der Waals surface area contributed by atoms with E-state index in [-0.39, 0.29) is 75.2 Å². The van der Waals surface area contributed by atoms with Crippen LogP contribution < -0.4 is 67.8 Å². The second kappa shape index (κ2) is 27.4. The van der Waals surface area contributed by atoms with Gasteiger partial charge in [-0.2, -0.15) is 9.97 Å². The zero-order valence-electron chi connectivity index (χ0n) is 28.9. The Kier molecular flexibility index (Phi) is 26.6. The van der Waals surface area contributed by atoms with Gasteiger partial charge in [0.05, 0.1) is 22.3 Å². The molecular weight excluding hydrogens is 717 g/mol. The first-order chi connectivity index (χ1) is 22.4. The number of aromatic nitrogens is 4. The number of carbonyl (C=O) groups excluding carboxylic acids is 2. The SMILES string of the molecule is CCCNc1nc(Cl)ncc1C#CCCCN.CCCNc1nc(Cl)ncc1C#CCCCN1C(=O)c2ccccc2C1=O.[H-].[K+].[K][K]. The molecule has 4 N–H and O–H groups in total. The van der Waals surface area contributed by atoms with Crippen molar-refractivity contribution in [3.05, 3.63) is 69.5 Å². The van der Waals surface area contributed by atoms with Crippen LogP contribution in [0.2, 0.25) is 10.6 Å². The minimum absolute atomic E-state index is 0. The van der Waals surface area contributed by atoms with Gasteiger partial charge in [0.1, 0.15) is 11.6 Å². The van der Waals surface area contributed by atoms with Gasteiger partial charge in [-0.1, -0.05) is 49.7 Å². The molecule has 1 aliphatic rings. The summed E-state index contributed by atoms with van der Waals surface area (Å²) in [5.41, 5.74) is 7.80. The van der Waals surface area contributed by atoms with Crippen LogP contribution in [0.25, 0.3) is 0 Å². The standard InChI is InChI=1S/C20H19ClN4O2.C12H17ClN4.3K.H/c1-2-11-22-17-14(13-23-20(21)24-17)8-4-3-7-12-25-18(26)15-9-5-6-10-16(15)19(25)27;1-2-8-15-11-10(6-4-3-5-7-14)9-16-12(13)17-11;;;;/h5-6,9-10,13H,2-3,7,11-12H2,1H3,(H,22,23,24);9H,2-3,5,7-8,14H2,1H3,(H,15,16,17);;;;/q;;;;+1;-1. The fourth-order valence-corrected chi connectivity index (χ4v) is 4.20. The number of unbranched alkanes of at least 4 members (excludes halogenated alkanes) is 2. The Bertz CT molecular complexity index is 1550. The van der Waals surface area contributed by atoms with Crippen molar-refractivity contribution in [3.63, 3.8) is 0 Å². The first-order valence-electron chi connectivity index (χ1n) is 15.5. The van der Waals surface area contributed by atoms with Gasteiger partial charge in [-0.15, -0.1) is 0 Å². The quantitative estimate of drug-likeness (QED) is 0.0880. The van der Waals surface area contributed by atoms with Gasteiger partial charge in [0.25, 0.3) is 11.8 Å². The molecule has 4 rings (SSSR count). The maximum atomic E-state index is 12.3. The zero-order valence-corrected chi connectivity index (χ0v) is 38.8. The van der Waals surface area contributed by atoms with Crippen LogP contribution in [-0.2, 0) is 0 Å². The van der Waals surface area contributed by atoms with Crippen LogP contribution in [0.3, 0.4) is 0 Å². The number of hydrogen-bond acceptors (Lipinski definition) is 9. The van der Waals surface area contributed by atoms with E-state index in [4.69, 9.17) is 28.9 Å². The van der Waals surface area contributed by atoms with Crippen LogP contribution in [0.15, 0.2) is 36.7 Å². The Morgan fingerprint density at radius 3 is 1.70 bits per heavy atom. The molecule has 0 unspecified atom stereocenters. The second-order valence-corrected chi connectivity index (χ2v) is 10.2. The van der Waals surface area contributed by atoms with E-state index >= 15 is 0 Å². The van der Waals surface area contributed by atoms with Crippen LogP contribution in [0, 0.1) is 23.7 Å². The van der Waals surface area contributed by atoms with Gasteiger partial charge in [0.15, 0.2) is 0 Å². The monoisotopic (exact) mass is 752 g/mol. The van der Waals surface area contributed by atoms with Crippen molar-refractivity contribution in [1.29, 1.82) is 0 Å². The Labute approximate surface area is 377 Å². The van der Waals surface area contributed by atoms with Gasteiger partial charge in [0.2, 0.25) is 10.6 Å². The van der Waals surface area contributed by atoms with E-state index in [2.05, 4.69) is 68.1 Å². The first kappa shape index (κ1) is 45.7. The summed E-state index contributed by atoms with van der Waals surface area (Å²) in [4.78, 5) is 42.1. The van der Waals surface area contributed by atoms with E-state index in [0.717, 1.165) is 44.3 Å². The molecule has 47 heavy (non-hydrogen) atoms. The molecule has 1 aromatic carbocycles. The molecule has 0 atom stereocenters. The third-order valence-electron chi connectivity index (χ3n) is 6.12. The third-order valence-corrected chi connectivity index (χ3v) is 6.48. The van der Waals surface area contributed by atoms with Crippen LogP contribution in [0.5, 0.6) is 0 Å². The number of imide groups is 1. The van der Waals surface area contributed by atoms with Gasteiger partial charge in [-0.05, 0) is 67.6 Å². The predicted molar refractivity (Wildman–Crippen MR) is 187 cm³/mol. The van der Waals surface area contributed by atoms with Crippen molar-refractivity contribution in [3.8, 4) is 23.7 Å². The van der Waals surface area contributed by atoms with E-state index in [9.17, 15) is 9.59 Å². The number of amides is 2. The average Bonchev–Trinajstić information content (AvgIpc) is 3.32. The molecule has 1 aliphatic heterocycles. The van der Waals surface area contributed by atoms with Gasteiger partial charge in [-0.3, -0.25) is 14.5 Å². The van der Waals surface area contributed by atoms with Gasteiger partial charge in [-0.25, -0.2) is 9.97 Å². The van der Waals surface area contributed by atoms with Crippen molar-refractivity contribution >= 4 is 110 Å². The first-order valence-corrected chi connectivity index (χ1v) is 32.3. The summed E-state index contributed by atoms with van der Waals surface area (Å²) in [6.07, 6.45) is 8.03. The van der Waals surface area contributed by atoms with E-state index in [0.29, 0.717) is 54.3 Å². The molecule has 0 saturated heterocycles. The summed E-state index contributed by atoms with van der Waals surface area (Å²) in [5, 5.41) is 6.76. The van der Waals surface area contributed by atoms with Crippen molar-refractivity contribution in [2.24, 2.45) is 5.73 Å². The van der Waals surface area contributed by atoms with Gasteiger partial charge < -0.3 is 17.8 Å². The number of rotatable bonds is 11. The summed E-state index contributed by atoms with van der Waals surface area (Å²) < 4.78 is 0. The Balaban J connectivity index is 0.000000917. The number of anilines is 2. The Hall–Kier alpha value is 0.689. The molecule has 10 nitrogen and oxygen atoms in total. The second-order valence-electron chi connectivity index (χ2n) is 9.56. The van der Waals surface area contributed by atoms with Gasteiger partial charge >= 0.3 is 115 Å². The number of carbonyl (C=O) groups is 2. The third kappa shape index (κ3) is 16.3. The number of hydrogen-bond donors (Lipinski definition) is 3. The number of nitrogens with one attached hydrogen (secondary N) is 2. The number of halogens is 2. The van der Waals surface area contributed by atoms with Crippen LogP contribution in [0.4, 0.5) is 11.6 Å². The fraction of sp³-hybridized carbons (Fsp3) is 0.375. The molecule has 2 amide bonds. The van der Waals surface area contributed by atoms with E-state index < -0.39 is 0 Å². The summed E-state index contributed by atoms with van der Waals surface area (Å²) >= 11 is 14.1. The van der Waals surface area contributed by atoms with Crippen molar-refractivity contribution < 1.29 is 62.4 Å². The van der Waals surface area contributed by atoms with Crippen molar-refractivity contribution in [2.45, 2.75) is 52.4 Å². The summed E-state index contributed by atoms with van der Waals surface area (Å²) in [7, 11) is 0. The number of fused-ring (bicyclic) bond motifs is 1. The van der Waals surface area contributed by atoms with Crippen LogP contribution in [0.1, 0.15) is 85.6 Å². The summed E-state index contributed by atoms with van der Waals surface area (Å²) in [6.45, 7) is 6.75.